The molecule has 1 aliphatic rings. The first-order valence-electron chi connectivity index (χ1n) is 10.1. The molecule has 0 atom stereocenters. The number of piperazine rings is 1. The molecule has 0 saturated carbocycles. The molecule has 1 aromatic heterocycles. The maximum Gasteiger partial charge on any atom is 0.410 e. The summed E-state index contributed by atoms with van der Waals surface area (Å²) in [4.78, 5) is 30.1. The van der Waals surface area contributed by atoms with Crippen LogP contribution in [0.25, 0.3) is 0 Å². The molecule has 2 amide bonds. The number of nitrogens with one attached hydrogen (secondary N) is 1. The van der Waals surface area contributed by atoms with E-state index in [4.69, 9.17) is 16.3 Å². The van der Waals surface area contributed by atoms with Crippen molar-refractivity contribution in [1.29, 1.82) is 0 Å². The fourth-order valence-corrected chi connectivity index (χ4v) is 5.36. The lowest BCUT2D eigenvalue weighted by atomic mass is 10.2. The maximum atomic E-state index is 13.1. The Morgan fingerprint density at radius 2 is 1.82 bits per heavy atom. The Balaban J connectivity index is 1.68. The molecule has 2 heterocycles. The number of nitrogens with zero attached hydrogens (tertiary/aromatic N) is 4. The summed E-state index contributed by atoms with van der Waals surface area (Å²) < 4.78 is 35.1. The second-order valence-corrected chi connectivity index (χ2v) is 11.6. The fraction of sp³-hybridized carbons (Fsp3) is 0.450. The van der Waals surface area contributed by atoms with Crippen molar-refractivity contribution < 1.29 is 22.7 Å². The summed E-state index contributed by atoms with van der Waals surface area (Å²) in [6, 6.07) is 4.19. The van der Waals surface area contributed by atoms with Crippen LogP contribution in [0.4, 0.5) is 10.5 Å². The van der Waals surface area contributed by atoms with E-state index in [2.05, 4.69) is 26.2 Å². The number of rotatable bonds is 4. The number of ether oxygens (including phenoxy) is 1. The lowest BCUT2D eigenvalue weighted by Crippen LogP contribution is -2.51. The van der Waals surface area contributed by atoms with Crippen molar-refractivity contribution in [2.45, 2.75) is 31.3 Å². The van der Waals surface area contributed by atoms with Gasteiger partial charge in [0, 0.05) is 38.9 Å². The van der Waals surface area contributed by atoms with Crippen molar-refractivity contribution in [3.05, 3.63) is 39.8 Å². The van der Waals surface area contributed by atoms with E-state index in [0.717, 1.165) is 0 Å². The molecule has 33 heavy (non-hydrogen) atoms. The van der Waals surface area contributed by atoms with Gasteiger partial charge in [-0.15, -0.1) is 0 Å². The summed E-state index contributed by atoms with van der Waals surface area (Å²) in [5.74, 6) is -0.286. The minimum atomic E-state index is -3.89. The van der Waals surface area contributed by atoms with Gasteiger partial charge in [0.15, 0.2) is 5.82 Å². The smallest absolute Gasteiger partial charge is 0.410 e. The molecule has 0 radical (unpaired) electrons. The van der Waals surface area contributed by atoms with Crippen LogP contribution in [0.5, 0.6) is 0 Å². The first-order valence-corrected chi connectivity index (χ1v) is 12.7. The molecule has 1 N–H and O–H groups in total. The normalized spacial score (nSPS) is 15.4. The molecular weight excluding hydrogens is 538 g/mol. The monoisotopic (exact) mass is 561 g/mol. The van der Waals surface area contributed by atoms with E-state index in [1.54, 1.807) is 32.4 Å². The molecule has 0 unspecified atom stereocenters. The third kappa shape index (κ3) is 5.86. The molecule has 0 spiro atoms. The topological polar surface area (TPSA) is 114 Å². The van der Waals surface area contributed by atoms with Crippen LogP contribution in [-0.2, 0) is 21.8 Å². The lowest BCUT2D eigenvalue weighted by Gasteiger charge is -2.35. The van der Waals surface area contributed by atoms with E-state index in [1.165, 1.54) is 33.6 Å². The van der Waals surface area contributed by atoms with E-state index in [0.29, 0.717) is 10.3 Å². The van der Waals surface area contributed by atoms with Crippen molar-refractivity contribution >= 4 is 55.2 Å². The van der Waals surface area contributed by atoms with Crippen molar-refractivity contribution in [2.24, 2.45) is 7.05 Å². The zero-order chi connectivity index (χ0) is 24.6. The first kappa shape index (κ1) is 25.5. The van der Waals surface area contributed by atoms with Crippen LogP contribution in [0.3, 0.4) is 0 Å². The zero-order valence-corrected chi connectivity index (χ0v) is 21.8. The third-order valence-electron chi connectivity index (χ3n) is 4.83. The maximum absolute atomic E-state index is 13.1. The Morgan fingerprint density at radius 1 is 1.18 bits per heavy atom. The standard InChI is InChI=1S/C20H25BrClN5O5S/c1-20(2,3)32-19(29)26-7-9-27(10-8-26)33(30,31)15-6-5-13(11-14(15)22)24-18(28)17-23-12-16(21)25(17)4/h5-6,11-12H,7-10H2,1-4H3,(H,24,28). The number of carbonyl (C=O) groups is 2. The molecular formula is C20H25BrClN5O5S. The summed E-state index contributed by atoms with van der Waals surface area (Å²) in [6.45, 7) is 5.96. The van der Waals surface area contributed by atoms with Crippen LogP contribution in [0.15, 0.2) is 33.9 Å². The average Bonchev–Trinajstić information content (AvgIpc) is 3.05. The van der Waals surface area contributed by atoms with Crippen LogP contribution in [0.2, 0.25) is 5.02 Å². The highest BCUT2D eigenvalue weighted by atomic mass is 79.9. The molecule has 2 aromatic rings. The second-order valence-electron chi connectivity index (χ2n) is 8.43. The van der Waals surface area contributed by atoms with Crippen LogP contribution in [0.1, 0.15) is 31.4 Å². The number of aromatic nitrogens is 2. The third-order valence-corrected chi connectivity index (χ3v) is 7.95. The van der Waals surface area contributed by atoms with Gasteiger partial charge in [-0.05, 0) is 54.9 Å². The first-order chi connectivity index (χ1) is 15.3. The van der Waals surface area contributed by atoms with Crippen LogP contribution in [0, 0.1) is 0 Å². The zero-order valence-electron chi connectivity index (χ0n) is 18.6. The lowest BCUT2D eigenvalue weighted by molar-refractivity contribution is 0.0192. The molecule has 0 bridgehead atoms. The van der Waals surface area contributed by atoms with Crippen LogP contribution in [-0.4, -0.2) is 71.0 Å². The number of benzene rings is 1. The summed E-state index contributed by atoms with van der Waals surface area (Å²) >= 11 is 9.55. The van der Waals surface area contributed by atoms with Gasteiger partial charge in [0.2, 0.25) is 10.0 Å². The van der Waals surface area contributed by atoms with Gasteiger partial charge in [-0.1, -0.05) is 11.6 Å². The summed E-state index contributed by atoms with van der Waals surface area (Å²) in [5.41, 5.74) is -0.296. The number of imidazole rings is 1. The van der Waals surface area contributed by atoms with Crippen LogP contribution >= 0.6 is 27.5 Å². The molecule has 180 valence electrons. The number of hydrogen-bond acceptors (Lipinski definition) is 6. The molecule has 1 fully saturated rings. The van der Waals surface area contributed by atoms with E-state index in [1.807, 2.05) is 0 Å². The van der Waals surface area contributed by atoms with Gasteiger partial charge in [0.05, 0.1) is 11.2 Å². The Hall–Kier alpha value is -2.15. The number of amides is 2. The molecule has 1 saturated heterocycles. The SMILES string of the molecule is Cn1c(Br)cnc1C(=O)Nc1ccc(S(=O)(=O)N2CCN(C(=O)OC(C)(C)C)CC2)c(Cl)c1. The average molecular weight is 563 g/mol. The van der Waals surface area contributed by atoms with E-state index in [-0.39, 0.29) is 41.9 Å². The second kappa shape index (κ2) is 9.61. The van der Waals surface area contributed by atoms with Gasteiger partial charge >= 0.3 is 6.09 Å². The summed E-state index contributed by atoms with van der Waals surface area (Å²) in [6.07, 6.45) is 1.03. The molecule has 0 aliphatic carbocycles. The fourth-order valence-electron chi connectivity index (χ4n) is 3.15. The number of hydrogen-bond donors (Lipinski definition) is 1. The predicted octanol–water partition coefficient (Wildman–Crippen LogP) is 3.33. The van der Waals surface area contributed by atoms with Crippen molar-refractivity contribution in [2.75, 3.05) is 31.5 Å². The quantitative estimate of drug-likeness (QED) is 0.612. The predicted molar refractivity (Wildman–Crippen MR) is 127 cm³/mol. The highest BCUT2D eigenvalue weighted by molar-refractivity contribution is 9.10. The number of halogens is 2. The molecule has 13 heteroatoms. The van der Waals surface area contributed by atoms with E-state index < -0.39 is 27.6 Å². The number of carbonyl (C=O) groups excluding carboxylic acids is 2. The minimum Gasteiger partial charge on any atom is -0.444 e. The summed E-state index contributed by atoms with van der Waals surface area (Å²) in [5, 5.41) is 2.63. The summed E-state index contributed by atoms with van der Waals surface area (Å²) in [7, 11) is -2.21. The van der Waals surface area contributed by atoms with Gasteiger partial charge in [-0.25, -0.2) is 18.2 Å². The van der Waals surface area contributed by atoms with Crippen molar-refractivity contribution in [1.82, 2.24) is 18.8 Å². The van der Waals surface area contributed by atoms with Crippen LogP contribution < -0.4 is 5.32 Å². The highest BCUT2D eigenvalue weighted by Gasteiger charge is 2.33. The Kier molecular flexibility index (Phi) is 7.42. The van der Waals surface area contributed by atoms with Gasteiger partial charge in [0.25, 0.3) is 5.91 Å². The molecule has 3 rings (SSSR count). The molecule has 1 aliphatic heterocycles. The van der Waals surface area contributed by atoms with Gasteiger partial charge in [-0.3, -0.25) is 4.79 Å². The van der Waals surface area contributed by atoms with Crippen molar-refractivity contribution in [3.63, 3.8) is 0 Å². The largest absolute Gasteiger partial charge is 0.444 e. The molecule has 10 nitrogen and oxygen atoms in total. The van der Waals surface area contributed by atoms with E-state index >= 15 is 0 Å². The number of anilines is 1. The minimum absolute atomic E-state index is 0.0246. The van der Waals surface area contributed by atoms with E-state index in [9.17, 15) is 18.0 Å². The van der Waals surface area contributed by atoms with Crippen molar-refractivity contribution in [3.8, 4) is 0 Å². The molecule has 1 aromatic carbocycles. The van der Waals surface area contributed by atoms with Gasteiger partial charge in [0.1, 0.15) is 15.1 Å². The Labute approximate surface area is 206 Å². The highest BCUT2D eigenvalue weighted by Crippen LogP contribution is 2.29. The number of sulfonamides is 1. The Bertz CT molecular complexity index is 1170. The van der Waals surface area contributed by atoms with Gasteiger partial charge < -0.3 is 19.5 Å². The van der Waals surface area contributed by atoms with Gasteiger partial charge in [-0.2, -0.15) is 4.31 Å². The Morgan fingerprint density at radius 3 is 2.33 bits per heavy atom.